The van der Waals surface area contributed by atoms with Crippen LogP contribution >= 0.6 is 0 Å². The van der Waals surface area contributed by atoms with Gasteiger partial charge in [-0.1, -0.05) is 85.3 Å². The van der Waals surface area contributed by atoms with E-state index in [0.29, 0.717) is 29.0 Å². The van der Waals surface area contributed by atoms with Crippen LogP contribution in [0, 0.1) is 23.2 Å². The van der Waals surface area contributed by atoms with Gasteiger partial charge in [0.25, 0.3) is 0 Å². The highest BCUT2D eigenvalue weighted by Crippen LogP contribution is 2.60. The SMILES string of the molecule is C=C1[C@H](O[Si](C)(C)C(C)(C)C)CC(=C/C=C2\CCC[C@@]3(C)C2CCC3[C@H](C)CC(C)=O)C[C@H]1O[Si](C)(C)C(C)(C)C. The van der Waals surface area contributed by atoms with Gasteiger partial charge >= 0.3 is 0 Å². The summed E-state index contributed by atoms with van der Waals surface area (Å²) in [4.78, 5) is 11.9. The topological polar surface area (TPSA) is 35.5 Å². The number of allylic oxidation sites excluding steroid dienone is 3. The number of carbonyl (C=O) groups excluding carboxylic acids is 1. The van der Waals surface area contributed by atoms with Gasteiger partial charge in [-0.15, -0.1) is 0 Å². The third kappa shape index (κ3) is 7.67. The molecule has 0 amide bonds. The minimum Gasteiger partial charge on any atom is -0.410 e. The summed E-state index contributed by atoms with van der Waals surface area (Å²) in [6.07, 6.45) is 13.8. The van der Waals surface area contributed by atoms with E-state index < -0.39 is 16.6 Å². The molecule has 0 radical (unpaired) electrons. The highest BCUT2D eigenvalue weighted by molar-refractivity contribution is 6.74. The second-order valence-corrected chi connectivity index (χ2v) is 26.8. The number of ketones is 1. The molecule has 3 aliphatic carbocycles. The lowest BCUT2D eigenvalue weighted by molar-refractivity contribution is -0.118. The average molecular weight is 601 g/mol. The number of Topliss-reactive ketones (excluding diaryl/α,β-unsaturated/α-hetero) is 1. The van der Waals surface area contributed by atoms with Crippen molar-refractivity contribution in [1.29, 1.82) is 0 Å². The van der Waals surface area contributed by atoms with Gasteiger partial charge in [0.2, 0.25) is 0 Å². The summed E-state index contributed by atoms with van der Waals surface area (Å²) in [7, 11) is -3.95. The van der Waals surface area contributed by atoms with Gasteiger partial charge in [0.05, 0.1) is 12.2 Å². The van der Waals surface area contributed by atoms with Crippen molar-refractivity contribution in [3.05, 3.63) is 35.5 Å². The molecule has 2 unspecified atom stereocenters. The van der Waals surface area contributed by atoms with Crippen LogP contribution in [0.5, 0.6) is 0 Å². The molecule has 0 aromatic carbocycles. The van der Waals surface area contributed by atoms with Gasteiger partial charge in [0, 0.05) is 6.42 Å². The van der Waals surface area contributed by atoms with Crippen LogP contribution < -0.4 is 0 Å². The molecule has 3 rings (SSSR count). The molecule has 0 aliphatic heterocycles. The molecule has 41 heavy (non-hydrogen) atoms. The highest BCUT2D eigenvalue weighted by Gasteiger charge is 2.51. The van der Waals surface area contributed by atoms with Crippen molar-refractivity contribution in [3.63, 3.8) is 0 Å². The minimum absolute atomic E-state index is 0.0176. The number of rotatable bonds is 8. The summed E-state index contributed by atoms with van der Waals surface area (Å²) in [6.45, 7) is 34.6. The Kier molecular flexibility index (Phi) is 10.4. The fraction of sp³-hybridized carbons (Fsp3) is 0.806. The summed E-state index contributed by atoms with van der Waals surface area (Å²) >= 11 is 0. The largest absolute Gasteiger partial charge is 0.410 e. The molecule has 0 aromatic heterocycles. The molecule has 0 N–H and O–H groups in total. The Balaban J connectivity index is 1.91. The molecule has 0 aromatic rings. The fourth-order valence-electron chi connectivity index (χ4n) is 7.50. The summed E-state index contributed by atoms with van der Waals surface area (Å²) in [5.41, 5.74) is 4.55. The zero-order chi connectivity index (χ0) is 31.2. The molecule has 3 nitrogen and oxygen atoms in total. The molecule has 6 atom stereocenters. The summed E-state index contributed by atoms with van der Waals surface area (Å²) in [6, 6.07) is 0. The Morgan fingerprint density at radius 2 is 1.49 bits per heavy atom. The molecule has 0 bridgehead atoms. The molecular weight excluding hydrogens is 537 g/mol. The van der Waals surface area contributed by atoms with Crippen LogP contribution in [0.3, 0.4) is 0 Å². The van der Waals surface area contributed by atoms with Crippen molar-refractivity contribution >= 4 is 22.4 Å². The van der Waals surface area contributed by atoms with E-state index in [1.807, 2.05) is 0 Å². The van der Waals surface area contributed by atoms with E-state index in [1.54, 1.807) is 12.5 Å². The molecule has 3 fully saturated rings. The lowest BCUT2D eigenvalue weighted by Gasteiger charge is -2.46. The van der Waals surface area contributed by atoms with Crippen LogP contribution in [0.4, 0.5) is 0 Å². The molecule has 0 spiro atoms. The molecular formula is C36H64O3Si2. The number of carbonyl (C=O) groups is 1. The van der Waals surface area contributed by atoms with Gasteiger partial charge < -0.3 is 13.6 Å². The first-order valence-electron chi connectivity index (χ1n) is 16.5. The van der Waals surface area contributed by atoms with Crippen LogP contribution in [0.25, 0.3) is 0 Å². The quantitative estimate of drug-likeness (QED) is 0.205. The molecule has 0 saturated heterocycles. The molecule has 5 heteroatoms. The maximum Gasteiger partial charge on any atom is 0.192 e. The number of hydrogen-bond acceptors (Lipinski definition) is 3. The first-order chi connectivity index (χ1) is 18.6. The summed E-state index contributed by atoms with van der Waals surface area (Å²) < 4.78 is 14.1. The number of hydrogen-bond donors (Lipinski definition) is 0. The molecule has 3 aliphatic rings. The smallest absolute Gasteiger partial charge is 0.192 e. The number of fused-ring (bicyclic) bond motifs is 1. The van der Waals surface area contributed by atoms with Crippen LogP contribution in [0.2, 0.25) is 36.3 Å². The van der Waals surface area contributed by atoms with Crippen molar-refractivity contribution < 1.29 is 13.6 Å². The summed E-state index contributed by atoms with van der Waals surface area (Å²) in [5, 5.41) is 0.301. The monoisotopic (exact) mass is 600 g/mol. The Morgan fingerprint density at radius 3 is 1.95 bits per heavy atom. The van der Waals surface area contributed by atoms with E-state index in [9.17, 15) is 4.79 Å². The minimum atomic E-state index is -1.97. The summed E-state index contributed by atoms with van der Waals surface area (Å²) in [5.74, 6) is 2.11. The van der Waals surface area contributed by atoms with Crippen molar-refractivity contribution in [2.24, 2.45) is 23.2 Å². The second-order valence-electron chi connectivity index (χ2n) is 17.3. The second kappa shape index (κ2) is 12.3. The van der Waals surface area contributed by atoms with Gasteiger partial charge in [-0.25, -0.2) is 0 Å². The van der Waals surface area contributed by atoms with Crippen molar-refractivity contribution in [2.75, 3.05) is 0 Å². The molecule has 0 heterocycles. The first kappa shape index (κ1) is 34.7. The van der Waals surface area contributed by atoms with E-state index >= 15 is 0 Å². The van der Waals surface area contributed by atoms with Crippen LogP contribution in [0.15, 0.2) is 35.5 Å². The predicted octanol–water partition coefficient (Wildman–Crippen LogP) is 10.8. The Bertz CT molecular complexity index is 996. The van der Waals surface area contributed by atoms with E-state index in [0.717, 1.165) is 24.8 Å². The highest BCUT2D eigenvalue weighted by atomic mass is 28.4. The van der Waals surface area contributed by atoms with E-state index in [4.69, 9.17) is 8.85 Å². The third-order valence-electron chi connectivity index (χ3n) is 12.1. The maximum atomic E-state index is 11.9. The van der Waals surface area contributed by atoms with E-state index in [2.05, 4.69) is 100 Å². The molecule has 234 valence electrons. The van der Waals surface area contributed by atoms with Crippen molar-refractivity contribution in [2.45, 2.75) is 162 Å². The van der Waals surface area contributed by atoms with Gasteiger partial charge in [-0.3, -0.25) is 0 Å². The normalized spacial score (nSPS) is 31.8. The van der Waals surface area contributed by atoms with Gasteiger partial charge in [0.1, 0.15) is 5.78 Å². The third-order valence-corrected chi connectivity index (χ3v) is 21.0. The van der Waals surface area contributed by atoms with Gasteiger partial charge in [0.15, 0.2) is 16.6 Å². The zero-order valence-corrected chi connectivity index (χ0v) is 31.1. The Labute approximate surface area is 256 Å². The lowest BCUT2D eigenvalue weighted by atomic mass is 9.60. The van der Waals surface area contributed by atoms with Crippen LogP contribution in [0.1, 0.15) is 114 Å². The van der Waals surface area contributed by atoms with Gasteiger partial charge in [-0.05, 0) is 117 Å². The van der Waals surface area contributed by atoms with Gasteiger partial charge in [-0.2, -0.15) is 0 Å². The standard InChI is InChI=1S/C36H64O3Si2/c1-25(22-26(2)37)30-19-20-31-29(16-15-21-36(30,31)10)18-17-28-23-32(38-40(11,12)34(4,5)6)27(3)33(24-28)39-41(13,14)35(7,8)9/h17-18,25,30-33H,3,15-16,19-24H2,1-2,4-14H3/b29-18+/t25-,30?,31?,32-,33-,36-/m1/s1. The zero-order valence-electron chi connectivity index (χ0n) is 29.1. The first-order valence-corrected chi connectivity index (χ1v) is 22.3. The molecule has 3 saturated carbocycles. The van der Waals surface area contributed by atoms with Crippen molar-refractivity contribution in [1.82, 2.24) is 0 Å². The lowest BCUT2D eigenvalue weighted by Crippen LogP contribution is -2.49. The Morgan fingerprint density at radius 1 is 0.976 bits per heavy atom. The average Bonchev–Trinajstić information content (AvgIpc) is 3.15. The van der Waals surface area contributed by atoms with E-state index in [-0.39, 0.29) is 22.3 Å². The fourth-order valence-corrected chi connectivity index (χ4v) is 10.1. The van der Waals surface area contributed by atoms with E-state index in [1.165, 1.54) is 37.7 Å². The maximum absolute atomic E-state index is 11.9. The predicted molar refractivity (Wildman–Crippen MR) is 181 cm³/mol. The van der Waals surface area contributed by atoms with Crippen LogP contribution in [-0.4, -0.2) is 34.6 Å². The van der Waals surface area contributed by atoms with Crippen LogP contribution in [-0.2, 0) is 13.6 Å². The van der Waals surface area contributed by atoms with Crippen molar-refractivity contribution in [3.8, 4) is 0 Å². The Hall–Kier alpha value is -0.756.